The lowest BCUT2D eigenvalue weighted by Crippen LogP contribution is -2.45. The molecule has 0 bridgehead atoms. The smallest absolute Gasteiger partial charge is 0.180 e. The Balaban J connectivity index is 1.72. The number of hydrogen-bond donors (Lipinski definition) is 0. The Morgan fingerprint density at radius 1 is 1.10 bits per heavy atom. The average Bonchev–Trinajstić information content (AvgIpc) is 3.12. The van der Waals surface area contributed by atoms with Crippen LogP contribution in [-0.4, -0.2) is 15.6 Å². The molecule has 4 heteroatoms. The molecule has 1 aromatic heterocycles. The minimum absolute atomic E-state index is 0.0613. The fourth-order valence-corrected chi connectivity index (χ4v) is 5.51. The first-order chi connectivity index (χ1) is 14.5. The first-order valence-corrected chi connectivity index (χ1v) is 10.4. The van der Waals surface area contributed by atoms with Gasteiger partial charge in [-0.1, -0.05) is 73.7 Å². The van der Waals surface area contributed by atoms with E-state index in [0.29, 0.717) is 0 Å². The maximum absolute atomic E-state index is 13.2. The van der Waals surface area contributed by atoms with Crippen LogP contribution in [0.5, 0.6) is 0 Å². The Morgan fingerprint density at radius 2 is 1.77 bits per heavy atom. The summed E-state index contributed by atoms with van der Waals surface area (Å²) in [5.74, 6) is -0.296. The molecular formula is C26H23N3O. The van der Waals surface area contributed by atoms with Crippen molar-refractivity contribution in [1.29, 1.82) is 5.26 Å². The summed E-state index contributed by atoms with van der Waals surface area (Å²) in [5.41, 5.74) is 5.29. The van der Waals surface area contributed by atoms with Gasteiger partial charge in [-0.25, -0.2) is 0 Å². The second-order valence-electron chi connectivity index (χ2n) is 8.52. The molecule has 2 aromatic carbocycles. The number of nitriles is 1. The number of aromatic nitrogens is 2. The van der Waals surface area contributed by atoms with E-state index in [-0.39, 0.29) is 23.2 Å². The van der Waals surface area contributed by atoms with Gasteiger partial charge in [0.15, 0.2) is 5.78 Å². The van der Waals surface area contributed by atoms with Gasteiger partial charge in [0.25, 0.3) is 0 Å². The summed E-state index contributed by atoms with van der Waals surface area (Å²) in [6, 6.07) is 22.4. The van der Waals surface area contributed by atoms with Crippen LogP contribution >= 0.6 is 0 Å². The molecule has 3 atom stereocenters. The molecule has 148 valence electrons. The van der Waals surface area contributed by atoms with Crippen LogP contribution in [0, 0.1) is 17.2 Å². The Labute approximate surface area is 176 Å². The molecule has 3 aromatic rings. The molecule has 5 rings (SSSR count). The average molecular weight is 393 g/mol. The van der Waals surface area contributed by atoms with Crippen molar-refractivity contribution in [3.8, 4) is 17.3 Å². The number of aryl methyl sites for hydroxylation is 1. The third-order valence-electron chi connectivity index (χ3n) is 6.85. The molecule has 0 saturated heterocycles. The highest BCUT2D eigenvalue weighted by Crippen LogP contribution is 2.53. The lowest BCUT2D eigenvalue weighted by Gasteiger charge is -2.45. The molecule has 0 unspecified atom stereocenters. The van der Waals surface area contributed by atoms with Gasteiger partial charge in [0, 0.05) is 23.6 Å². The molecule has 0 aliphatic heterocycles. The topological polar surface area (TPSA) is 58.7 Å². The van der Waals surface area contributed by atoms with Crippen LogP contribution in [0.2, 0.25) is 0 Å². The number of rotatable bonds is 2. The fourth-order valence-electron chi connectivity index (χ4n) is 5.51. The zero-order chi connectivity index (χ0) is 20.9. The number of carbonyl (C=O) groups excluding carboxylic acids is 1. The van der Waals surface area contributed by atoms with E-state index in [1.54, 1.807) is 0 Å². The van der Waals surface area contributed by atoms with Crippen molar-refractivity contribution in [3.63, 3.8) is 0 Å². The van der Waals surface area contributed by atoms with E-state index in [1.165, 1.54) is 5.56 Å². The number of Topliss-reactive ketones (excluding diaryl/α,β-unsaturated/α-hetero) is 1. The maximum atomic E-state index is 13.2. The van der Waals surface area contributed by atoms with Gasteiger partial charge in [0.1, 0.15) is 6.07 Å². The molecular weight excluding hydrogens is 370 g/mol. The van der Waals surface area contributed by atoms with Gasteiger partial charge < -0.3 is 0 Å². The number of allylic oxidation sites excluding steroid dienone is 2. The SMILES string of the molecule is Cn1nc2c(c1-c1ccccc1)CC[C@H]1[C@H](c3ccccc3)C(=O)C(C#N)=C[C@]21C. The molecule has 0 fully saturated rings. The number of fused-ring (bicyclic) bond motifs is 3. The Morgan fingerprint density at radius 3 is 2.43 bits per heavy atom. The number of nitrogens with zero attached hydrogens (tertiary/aromatic N) is 3. The molecule has 2 aliphatic rings. The van der Waals surface area contributed by atoms with Gasteiger partial charge in [-0.15, -0.1) is 0 Å². The van der Waals surface area contributed by atoms with Crippen LogP contribution in [-0.2, 0) is 23.7 Å². The normalized spacial score (nSPS) is 25.1. The zero-order valence-corrected chi connectivity index (χ0v) is 17.2. The second kappa shape index (κ2) is 6.81. The van der Waals surface area contributed by atoms with Crippen LogP contribution in [0.25, 0.3) is 11.3 Å². The quantitative estimate of drug-likeness (QED) is 0.633. The van der Waals surface area contributed by atoms with Gasteiger partial charge in [0.2, 0.25) is 0 Å². The van der Waals surface area contributed by atoms with E-state index < -0.39 is 5.41 Å². The molecule has 4 nitrogen and oxygen atoms in total. The summed E-state index contributed by atoms with van der Waals surface area (Å²) in [7, 11) is 1.98. The monoisotopic (exact) mass is 393 g/mol. The van der Waals surface area contributed by atoms with Gasteiger partial charge in [-0.2, -0.15) is 10.4 Å². The number of ketones is 1. The molecule has 30 heavy (non-hydrogen) atoms. The molecule has 2 aliphatic carbocycles. The second-order valence-corrected chi connectivity index (χ2v) is 8.52. The first-order valence-electron chi connectivity index (χ1n) is 10.4. The summed E-state index contributed by atoms with van der Waals surface area (Å²) in [5, 5.41) is 14.7. The Kier molecular flexibility index (Phi) is 4.22. The molecule has 0 spiro atoms. The molecule has 1 heterocycles. The number of carbonyl (C=O) groups is 1. The number of benzene rings is 2. The summed E-state index contributed by atoms with van der Waals surface area (Å²) < 4.78 is 1.96. The van der Waals surface area contributed by atoms with Crippen LogP contribution in [0.4, 0.5) is 0 Å². The number of hydrogen-bond acceptors (Lipinski definition) is 3. The van der Waals surface area contributed by atoms with Crippen LogP contribution in [0.3, 0.4) is 0 Å². The van der Waals surface area contributed by atoms with Gasteiger partial charge in [-0.3, -0.25) is 9.48 Å². The van der Waals surface area contributed by atoms with Gasteiger partial charge in [-0.05, 0) is 24.3 Å². The van der Waals surface area contributed by atoms with Crippen molar-refractivity contribution in [1.82, 2.24) is 9.78 Å². The summed E-state index contributed by atoms with van der Waals surface area (Å²) in [6.45, 7) is 2.15. The highest BCUT2D eigenvalue weighted by molar-refractivity contribution is 6.05. The van der Waals surface area contributed by atoms with E-state index in [0.717, 1.165) is 35.4 Å². The molecule has 0 amide bonds. The van der Waals surface area contributed by atoms with E-state index in [1.807, 2.05) is 66.3 Å². The lowest BCUT2D eigenvalue weighted by molar-refractivity contribution is -0.119. The van der Waals surface area contributed by atoms with Crippen LogP contribution < -0.4 is 0 Å². The minimum Gasteiger partial charge on any atom is -0.293 e. The Bertz CT molecular complexity index is 1200. The molecule has 0 N–H and O–H groups in total. The highest BCUT2D eigenvalue weighted by Gasteiger charge is 2.52. The summed E-state index contributed by atoms with van der Waals surface area (Å²) in [6.07, 6.45) is 3.65. The van der Waals surface area contributed by atoms with Crippen LogP contribution in [0.1, 0.15) is 36.1 Å². The van der Waals surface area contributed by atoms with Crippen molar-refractivity contribution in [2.45, 2.75) is 31.1 Å². The lowest BCUT2D eigenvalue weighted by atomic mass is 9.56. The van der Waals surface area contributed by atoms with E-state index in [2.05, 4.69) is 25.1 Å². The first kappa shape index (κ1) is 18.6. The summed E-state index contributed by atoms with van der Waals surface area (Å²) in [4.78, 5) is 13.2. The summed E-state index contributed by atoms with van der Waals surface area (Å²) >= 11 is 0. The minimum atomic E-state index is -0.460. The van der Waals surface area contributed by atoms with Crippen molar-refractivity contribution < 1.29 is 4.79 Å². The zero-order valence-electron chi connectivity index (χ0n) is 17.2. The fraction of sp³-hybridized carbons (Fsp3) is 0.269. The predicted octanol–water partition coefficient (Wildman–Crippen LogP) is 4.72. The van der Waals surface area contributed by atoms with Crippen molar-refractivity contribution in [3.05, 3.63) is 89.1 Å². The standard InChI is InChI=1S/C26H23N3O/c1-26-15-19(16-27)24(30)22(17-9-5-3-6-10-17)21(26)14-13-20-23(29(2)28-25(20)26)18-11-7-4-8-12-18/h3-12,15,21-22H,13-14H2,1-2H3/t21-,22-,26-/m0/s1. The van der Waals surface area contributed by atoms with E-state index in [9.17, 15) is 10.1 Å². The van der Waals surface area contributed by atoms with Gasteiger partial charge in [0.05, 0.1) is 22.9 Å². The third kappa shape index (κ3) is 2.59. The van der Waals surface area contributed by atoms with Gasteiger partial charge >= 0.3 is 0 Å². The maximum Gasteiger partial charge on any atom is 0.180 e. The Hall–Kier alpha value is -3.45. The van der Waals surface area contributed by atoms with Crippen molar-refractivity contribution in [2.24, 2.45) is 13.0 Å². The highest BCUT2D eigenvalue weighted by atomic mass is 16.1. The third-order valence-corrected chi connectivity index (χ3v) is 6.85. The largest absolute Gasteiger partial charge is 0.293 e. The van der Waals surface area contributed by atoms with E-state index in [4.69, 9.17) is 5.10 Å². The van der Waals surface area contributed by atoms with Crippen LogP contribution in [0.15, 0.2) is 72.3 Å². The molecule has 0 saturated carbocycles. The van der Waals surface area contributed by atoms with Crippen molar-refractivity contribution >= 4 is 5.78 Å². The predicted molar refractivity (Wildman–Crippen MR) is 116 cm³/mol. The van der Waals surface area contributed by atoms with E-state index >= 15 is 0 Å². The molecule has 0 radical (unpaired) electrons. The van der Waals surface area contributed by atoms with Crippen molar-refractivity contribution in [2.75, 3.05) is 0 Å².